The minimum Gasteiger partial charge on any atom is -0.373 e. The molecule has 0 radical (unpaired) electrons. The van der Waals surface area contributed by atoms with E-state index in [-0.39, 0.29) is 19.7 Å². The predicted octanol–water partition coefficient (Wildman–Crippen LogP) is 1.30. The molecule has 1 amide bonds. The van der Waals surface area contributed by atoms with E-state index >= 15 is 0 Å². The van der Waals surface area contributed by atoms with E-state index in [2.05, 4.69) is 0 Å². The van der Waals surface area contributed by atoms with E-state index in [0.29, 0.717) is 4.90 Å². The Morgan fingerprint density at radius 3 is 2.20 bits per heavy atom. The quantitative estimate of drug-likeness (QED) is 0.782. The van der Waals surface area contributed by atoms with E-state index in [4.69, 9.17) is 10.5 Å². The zero-order chi connectivity index (χ0) is 15.7. The number of rotatable bonds is 2. The second kappa shape index (κ2) is 5.76. The van der Waals surface area contributed by atoms with Gasteiger partial charge < -0.3 is 15.4 Å². The fraction of sp³-hybridized carbons (Fsp3) is 0.900. The third-order valence-electron chi connectivity index (χ3n) is 2.95. The molecule has 0 bridgehead atoms. The lowest BCUT2D eigenvalue weighted by atomic mass is 10.0. The van der Waals surface area contributed by atoms with E-state index in [0.717, 1.165) is 0 Å². The third-order valence-corrected chi connectivity index (χ3v) is 2.95. The monoisotopic (exact) mass is 308 g/mol. The van der Waals surface area contributed by atoms with E-state index < -0.39 is 36.3 Å². The lowest BCUT2D eigenvalue weighted by molar-refractivity contribution is -0.279. The largest absolute Gasteiger partial charge is 0.409 e. The number of ether oxygens (including phenoxy) is 1. The predicted molar refractivity (Wildman–Crippen MR) is 55.6 cm³/mol. The smallest absolute Gasteiger partial charge is 0.373 e. The van der Waals surface area contributed by atoms with Crippen LogP contribution < -0.4 is 5.73 Å². The second-order valence-electron chi connectivity index (χ2n) is 4.55. The molecule has 118 valence electrons. The van der Waals surface area contributed by atoms with Gasteiger partial charge in [-0.3, -0.25) is 4.79 Å². The highest BCUT2D eigenvalue weighted by Crippen LogP contribution is 2.40. The molecule has 0 aromatic heterocycles. The molecule has 20 heavy (non-hydrogen) atoms. The topological polar surface area (TPSA) is 55.6 Å². The maximum absolute atomic E-state index is 12.5. The highest BCUT2D eigenvalue weighted by atomic mass is 19.4. The van der Waals surface area contributed by atoms with Gasteiger partial charge in [0.15, 0.2) is 0 Å². The molecule has 1 aliphatic rings. The average molecular weight is 308 g/mol. The van der Waals surface area contributed by atoms with Crippen molar-refractivity contribution in [2.75, 3.05) is 19.7 Å². The number of halogens is 6. The van der Waals surface area contributed by atoms with E-state index in [1.165, 1.54) is 6.92 Å². The van der Waals surface area contributed by atoms with Crippen LogP contribution in [0.25, 0.3) is 0 Å². The Morgan fingerprint density at radius 2 is 1.80 bits per heavy atom. The van der Waals surface area contributed by atoms with Gasteiger partial charge in [0.2, 0.25) is 11.8 Å². The van der Waals surface area contributed by atoms with Crippen LogP contribution >= 0.6 is 0 Å². The molecule has 1 rings (SSSR count). The number of nitrogens with two attached hydrogens (primary N) is 1. The number of amides is 1. The maximum atomic E-state index is 12.5. The Bertz CT molecular complexity index is 343. The fourth-order valence-corrected chi connectivity index (χ4v) is 1.90. The molecule has 0 spiro atoms. The molecule has 0 saturated carbocycles. The Kier molecular flexibility index (Phi) is 4.90. The van der Waals surface area contributed by atoms with Gasteiger partial charge in [-0.05, 0) is 6.92 Å². The Labute approximate surface area is 110 Å². The van der Waals surface area contributed by atoms with Crippen molar-refractivity contribution in [3.63, 3.8) is 0 Å². The van der Waals surface area contributed by atoms with Gasteiger partial charge in [-0.25, -0.2) is 0 Å². The van der Waals surface area contributed by atoms with Gasteiger partial charge in [0.1, 0.15) is 0 Å². The summed E-state index contributed by atoms with van der Waals surface area (Å²) in [5, 5.41) is 0. The molecule has 4 nitrogen and oxygen atoms in total. The summed E-state index contributed by atoms with van der Waals surface area (Å²) in [5.74, 6) is -6.03. The van der Waals surface area contributed by atoms with Crippen molar-refractivity contribution in [1.82, 2.24) is 4.90 Å². The molecule has 1 heterocycles. The van der Waals surface area contributed by atoms with Crippen LogP contribution in [-0.2, 0) is 9.53 Å². The summed E-state index contributed by atoms with van der Waals surface area (Å²) in [4.78, 5) is 12.2. The SMILES string of the molecule is CC1COC(CN)CN1C(=O)C(C(F)(F)F)C(F)(F)F. The number of carbonyl (C=O) groups is 1. The first-order chi connectivity index (χ1) is 8.98. The van der Waals surface area contributed by atoms with Gasteiger partial charge in [0, 0.05) is 13.1 Å². The van der Waals surface area contributed by atoms with Crippen LogP contribution in [0.1, 0.15) is 6.92 Å². The standard InChI is InChI=1S/C10H14F6N2O2/c1-5-4-20-6(2-17)3-18(5)8(19)7(9(11,12)13)10(14,15)16/h5-7H,2-4,17H2,1H3. The van der Waals surface area contributed by atoms with E-state index in [1.54, 1.807) is 0 Å². The van der Waals surface area contributed by atoms with Crippen LogP contribution in [0.3, 0.4) is 0 Å². The number of hydrogen-bond acceptors (Lipinski definition) is 3. The summed E-state index contributed by atoms with van der Waals surface area (Å²) in [7, 11) is 0. The highest BCUT2D eigenvalue weighted by Gasteiger charge is 2.62. The van der Waals surface area contributed by atoms with Crippen molar-refractivity contribution < 1.29 is 35.9 Å². The summed E-state index contributed by atoms with van der Waals surface area (Å²) in [6, 6.07) is -0.877. The van der Waals surface area contributed by atoms with E-state index in [1.807, 2.05) is 0 Å². The number of hydrogen-bond donors (Lipinski definition) is 1. The van der Waals surface area contributed by atoms with Gasteiger partial charge in [0.25, 0.3) is 0 Å². The summed E-state index contributed by atoms with van der Waals surface area (Å²) in [5.41, 5.74) is 5.25. The van der Waals surface area contributed by atoms with Crippen molar-refractivity contribution in [1.29, 1.82) is 0 Å². The van der Waals surface area contributed by atoms with Gasteiger partial charge in [-0.1, -0.05) is 0 Å². The lowest BCUT2D eigenvalue weighted by Gasteiger charge is -2.39. The number of alkyl halides is 6. The molecular formula is C10H14F6N2O2. The number of carbonyl (C=O) groups excluding carboxylic acids is 1. The van der Waals surface area contributed by atoms with Crippen molar-refractivity contribution >= 4 is 5.91 Å². The van der Waals surface area contributed by atoms with Crippen molar-refractivity contribution in [2.24, 2.45) is 11.7 Å². The molecule has 0 aliphatic carbocycles. The first-order valence-corrected chi connectivity index (χ1v) is 5.74. The molecule has 2 atom stereocenters. The minimum absolute atomic E-state index is 0.0980. The zero-order valence-corrected chi connectivity index (χ0v) is 10.5. The number of nitrogens with zero attached hydrogens (tertiary/aromatic N) is 1. The minimum atomic E-state index is -5.69. The second-order valence-corrected chi connectivity index (χ2v) is 4.55. The van der Waals surface area contributed by atoms with Crippen molar-refractivity contribution in [3.05, 3.63) is 0 Å². The normalized spacial score (nSPS) is 25.1. The molecule has 0 aromatic carbocycles. The highest BCUT2D eigenvalue weighted by molar-refractivity contribution is 5.81. The number of morpholine rings is 1. The van der Waals surface area contributed by atoms with Crippen LogP contribution in [0.2, 0.25) is 0 Å². The summed E-state index contributed by atoms with van der Waals surface area (Å²) in [6.07, 6.45) is -12.1. The van der Waals surface area contributed by atoms with Gasteiger partial charge in [0.05, 0.1) is 18.8 Å². The summed E-state index contributed by atoms with van der Waals surface area (Å²) < 4.78 is 80.1. The maximum Gasteiger partial charge on any atom is 0.409 e. The van der Waals surface area contributed by atoms with Gasteiger partial charge in [-0.2, -0.15) is 26.3 Å². The summed E-state index contributed by atoms with van der Waals surface area (Å²) in [6.45, 7) is 0.669. The zero-order valence-electron chi connectivity index (χ0n) is 10.5. The molecule has 2 N–H and O–H groups in total. The van der Waals surface area contributed by atoms with Crippen molar-refractivity contribution in [2.45, 2.75) is 31.4 Å². The van der Waals surface area contributed by atoms with E-state index in [9.17, 15) is 31.1 Å². The fourth-order valence-electron chi connectivity index (χ4n) is 1.90. The van der Waals surface area contributed by atoms with Gasteiger partial charge in [-0.15, -0.1) is 0 Å². The van der Waals surface area contributed by atoms with Crippen LogP contribution in [0.5, 0.6) is 0 Å². The Balaban J connectivity index is 3.00. The van der Waals surface area contributed by atoms with Crippen LogP contribution in [-0.4, -0.2) is 55.0 Å². The van der Waals surface area contributed by atoms with Crippen molar-refractivity contribution in [3.8, 4) is 0 Å². The van der Waals surface area contributed by atoms with Crippen LogP contribution in [0, 0.1) is 5.92 Å². The molecule has 2 unspecified atom stereocenters. The molecule has 1 aliphatic heterocycles. The van der Waals surface area contributed by atoms with Crippen LogP contribution in [0.15, 0.2) is 0 Å². The first-order valence-electron chi connectivity index (χ1n) is 5.74. The molecule has 10 heteroatoms. The first kappa shape index (κ1) is 17.0. The summed E-state index contributed by atoms with van der Waals surface area (Å²) >= 11 is 0. The molecule has 1 saturated heterocycles. The lowest BCUT2D eigenvalue weighted by Crippen LogP contribution is -2.58. The Morgan fingerprint density at radius 1 is 1.30 bits per heavy atom. The molecular weight excluding hydrogens is 294 g/mol. The van der Waals surface area contributed by atoms with Gasteiger partial charge >= 0.3 is 12.4 Å². The molecule has 1 fully saturated rings. The average Bonchev–Trinajstić information content (AvgIpc) is 2.25. The van der Waals surface area contributed by atoms with Crippen LogP contribution in [0.4, 0.5) is 26.3 Å². The Hall–Kier alpha value is -1.03. The third kappa shape index (κ3) is 3.75. The molecule has 0 aromatic rings.